The van der Waals surface area contributed by atoms with E-state index in [4.69, 9.17) is 0 Å². The average molecular weight is 291 g/mol. The standard InChI is InChI=1S/C16H29N5/c1-4-8-17-13-9-14-6-5-7-15(10-13)21(14)12(2)16-19-18-11-20(16)3/h11-15,17H,4-10H2,1-3H3. The highest BCUT2D eigenvalue weighted by Crippen LogP contribution is 2.39. The third kappa shape index (κ3) is 2.99. The Balaban J connectivity index is 1.73. The fourth-order valence-electron chi connectivity index (χ4n) is 4.37. The van der Waals surface area contributed by atoms with Crippen LogP contribution < -0.4 is 5.32 Å². The molecule has 21 heavy (non-hydrogen) atoms. The quantitative estimate of drug-likeness (QED) is 0.904. The molecule has 5 heteroatoms. The molecule has 3 atom stereocenters. The minimum Gasteiger partial charge on any atom is -0.319 e. The summed E-state index contributed by atoms with van der Waals surface area (Å²) in [7, 11) is 2.05. The van der Waals surface area contributed by atoms with E-state index >= 15 is 0 Å². The summed E-state index contributed by atoms with van der Waals surface area (Å²) in [5.41, 5.74) is 0. The zero-order valence-corrected chi connectivity index (χ0v) is 13.6. The maximum Gasteiger partial charge on any atom is 0.149 e. The molecule has 0 aliphatic carbocycles. The zero-order chi connectivity index (χ0) is 14.8. The van der Waals surface area contributed by atoms with Gasteiger partial charge in [-0.3, -0.25) is 4.90 Å². The molecule has 2 aliphatic heterocycles. The molecule has 2 fully saturated rings. The van der Waals surface area contributed by atoms with Crippen LogP contribution >= 0.6 is 0 Å². The lowest BCUT2D eigenvalue weighted by Gasteiger charge is -2.51. The van der Waals surface area contributed by atoms with Crippen molar-refractivity contribution in [2.75, 3.05) is 6.54 Å². The van der Waals surface area contributed by atoms with E-state index < -0.39 is 0 Å². The maximum absolute atomic E-state index is 4.34. The zero-order valence-electron chi connectivity index (χ0n) is 13.6. The molecule has 0 radical (unpaired) electrons. The van der Waals surface area contributed by atoms with Gasteiger partial charge in [0.15, 0.2) is 0 Å². The third-order valence-electron chi connectivity index (χ3n) is 5.28. The summed E-state index contributed by atoms with van der Waals surface area (Å²) in [6.45, 7) is 5.71. The van der Waals surface area contributed by atoms with Gasteiger partial charge in [0, 0.05) is 25.2 Å². The van der Waals surface area contributed by atoms with Crippen molar-refractivity contribution in [3.63, 3.8) is 0 Å². The van der Waals surface area contributed by atoms with Gasteiger partial charge in [0.05, 0.1) is 6.04 Å². The van der Waals surface area contributed by atoms with Crippen molar-refractivity contribution in [3.05, 3.63) is 12.2 Å². The van der Waals surface area contributed by atoms with Crippen LogP contribution in [0.3, 0.4) is 0 Å². The molecular formula is C16H29N5. The number of aromatic nitrogens is 3. The molecule has 0 saturated carbocycles. The minimum atomic E-state index is 0.375. The summed E-state index contributed by atoms with van der Waals surface area (Å²) in [6, 6.07) is 2.50. The summed E-state index contributed by atoms with van der Waals surface area (Å²) in [5.74, 6) is 1.10. The van der Waals surface area contributed by atoms with E-state index in [1.807, 2.05) is 6.33 Å². The first kappa shape index (κ1) is 15.0. The Hall–Kier alpha value is -0.940. The van der Waals surface area contributed by atoms with Gasteiger partial charge >= 0.3 is 0 Å². The second-order valence-corrected chi connectivity index (χ2v) is 6.78. The number of rotatable bonds is 5. The van der Waals surface area contributed by atoms with Crippen LogP contribution in [0, 0.1) is 0 Å². The Morgan fingerprint density at radius 3 is 2.62 bits per heavy atom. The molecule has 2 bridgehead atoms. The van der Waals surface area contributed by atoms with Crippen LogP contribution in [-0.2, 0) is 7.05 Å². The smallest absolute Gasteiger partial charge is 0.149 e. The fraction of sp³-hybridized carbons (Fsp3) is 0.875. The number of hydrogen-bond acceptors (Lipinski definition) is 4. The molecule has 3 rings (SSSR count). The number of piperidine rings is 2. The molecule has 1 aromatic heterocycles. The Kier molecular flexibility index (Phi) is 4.60. The van der Waals surface area contributed by atoms with Gasteiger partial charge in [-0.1, -0.05) is 13.3 Å². The number of nitrogens with one attached hydrogen (secondary N) is 1. The van der Waals surface area contributed by atoms with Crippen LogP contribution in [0.15, 0.2) is 6.33 Å². The van der Waals surface area contributed by atoms with Crippen molar-refractivity contribution in [2.45, 2.75) is 76.5 Å². The number of nitrogens with zero attached hydrogens (tertiary/aromatic N) is 4. The van der Waals surface area contributed by atoms with E-state index in [2.05, 4.69) is 45.9 Å². The first-order valence-electron chi connectivity index (χ1n) is 8.55. The van der Waals surface area contributed by atoms with Gasteiger partial charge in [0.25, 0.3) is 0 Å². The molecule has 3 unspecified atom stereocenters. The summed E-state index contributed by atoms with van der Waals surface area (Å²) in [5, 5.41) is 12.1. The van der Waals surface area contributed by atoms with Gasteiger partial charge < -0.3 is 9.88 Å². The van der Waals surface area contributed by atoms with E-state index in [0.717, 1.165) is 12.4 Å². The van der Waals surface area contributed by atoms with Gasteiger partial charge in [0.1, 0.15) is 12.2 Å². The Bertz CT molecular complexity index is 443. The van der Waals surface area contributed by atoms with Crippen LogP contribution in [-0.4, -0.2) is 44.3 Å². The molecule has 2 saturated heterocycles. The highest BCUT2D eigenvalue weighted by Gasteiger charge is 2.41. The Morgan fingerprint density at radius 1 is 1.33 bits per heavy atom. The first-order valence-corrected chi connectivity index (χ1v) is 8.55. The molecule has 1 aromatic rings. The van der Waals surface area contributed by atoms with E-state index in [0.29, 0.717) is 24.2 Å². The predicted molar refractivity (Wildman–Crippen MR) is 84.0 cm³/mol. The van der Waals surface area contributed by atoms with Crippen molar-refractivity contribution in [1.82, 2.24) is 25.0 Å². The molecule has 0 spiro atoms. The summed E-state index contributed by atoms with van der Waals surface area (Å²) < 4.78 is 2.07. The third-order valence-corrected chi connectivity index (χ3v) is 5.28. The maximum atomic E-state index is 4.34. The van der Waals surface area contributed by atoms with Crippen molar-refractivity contribution in [1.29, 1.82) is 0 Å². The lowest BCUT2D eigenvalue weighted by molar-refractivity contribution is -0.00962. The molecule has 5 nitrogen and oxygen atoms in total. The fourth-order valence-corrected chi connectivity index (χ4v) is 4.37. The van der Waals surface area contributed by atoms with E-state index in [1.54, 1.807) is 0 Å². The SMILES string of the molecule is CCCNC1CC2CCCC(C1)N2C(C)c1nncn1C. The molecule has 2 aliphatic rings. The second kappa shape index (κ2) is 6.44. The molecule has 0 amide bonds. The van der Waals surface area contributed by atoms with E-state index in [9.17, 15) is 0 Å². The van der Waals surface area contributed by atoms with Gasteiger partial charge in [0.2, 0.25) is 0 Å². The molecule has 0 aromatic carbocycles. The van der Waals surface area contributed by atoms with Gasteiger partial charge in [-0.15, -0.1) is 10.2 Å². The van der Waals surface area contributed by atoms with Crippen LogP contribution in [0.2, 0.25) is 0 Å². The summed E-state index contributed by atoms with van der Waals surface area (Å²) in [6.07, 6.45) is 9.68. The number of aryl methyl sites for hydroxylation is 1. The van der Waals surface area contributed by atoms with Gasteiger partial charge in [-0.05, 0) is 45.6 Å². The highest BCUT2D eigenvalue weighted by molar-refractivity contribution is 5.02. The van der Waals surface area contributed by atoms with Crippen LogP contribution in [0.25, 0.3) is 0 Å². The first-order chi connectivity index (χ1) is 10.2. The van der Waals surface area contributed by atoms with E-state index in [-0.39, 0.29) is 0 Å². The van der Waals surface area contributed by atoms with Gasteiger partial charge in [-0.25, -0.2) is 0 Å². The monoisotopic (exact) mass is 291 g/mol. The molecule has 1 N–H and O–H groups in total. The largest absolute Gasteiger partial charge is 0.319 e. The lowest BCUT2D eigenvalue weighted by atomic mass is 9.80. The highest BCUT2D eigenvalue weighted by atomic mass is 15.3. The van der Waals surface area contributed by atoms with Crippen molar-refractivity contribution < 1.29 is 0 Å². The van der Waals surface area contributed by atoms with Gasteiger partial charge in [-0.2, -0.15) is 0 Å². The van der Waals surface area contributed by atoms with Crippen molar-refractivity contribution in [2.24, 2.45) is 7.05 Å². The number of hydrogen-bond donors (Lipinski definition) is 1. The Labute approximate surface area is 128 Å². The summed E-state index contributed by atoms with van der Waals surface area (Å²) >= 11 is 0. The number of fused-ring (bicyclic) bond motifs is 2. The lowest BCUT2D eigenvalue weighted by Crippen LogP contribution is -2.57. The molecule has 3 heterocycles. The van der Waals surface area contributed by atoms with Crippen LogP contribution in [0.5, 0.6) is 0 Å². The predicted octanol–water partition coefficient (Wildman–Crippen LogP) is 2.26. The van der Waals surface area contributed by atoms with Crippen LogP contribution in [0.1, 0.15) is 64.2 Å². The summed E-state index contributed by atoms with van der Waals surface area (Å²) in [4.78, 5) is 2.73. The topological polar surface area (TPSA) is 46.0 Å². The minimum absolute atomic E-state index is 0.375. The van der Waals surface area contributed by atoms with E-state index in [1.165, 1.54) is 38.5 Å². The molecular weight excluding hydrogens is 262 g/mol. The van der Waals surface area contributed by atoms with Crippen LogP contribution in [0.4, 0.5) is 0 Å². The molecule has 118 valence electrons. The Morgan fingerprint density at radius 2 is 2.05 bits per heavy atom. The van der Waals surface area contributed by atoms with Crippen molar-refractivity contribution in [3.8, 4) is 0 Å². The second-order valence-electron chi connectivity index (χ2n) is 6.78. The average Bonchev–Trinajstić information content (AvgIpc) is 2.89. The van der Waals surface area contributed by atoms with Crippen molar-refractivity contribution >= 4 is 0 Å². The normalized spacial score (nSPS) is 31.3.